The van der Waals surface area contributed by atoms with E-state index in [4.69, 9.17) is 5.73 Å². The summed E-state index contributed by atoms with van der Waals surface area (Å²) in [5.74, 6) is 0. The minimum Gasteiger partial charge on any atom is -0.316 e. The Morgan fingerprint density at radius 3 is 2.00 bits per heavy atom. The van der Waals surface area contributed by atoms with Crippen molar-refractivity contribution in [1.29, 1.82) is 0 Å². The normalized spacial score (nSPS) is 14.2. The van der Waals surface area contributed by atoms with Crippen LogP contribution < -0.4 is 5.73 Å². The maximum absolute atomic E-state index is 12.1. The molecule has 1 atom stereocenters. The SMILES string of the molecule is N[C@@H](c1ccc(I)cc1)C(F)(F)F. The minimum atomic E-state index is -4.37. The zero-order valence-electron chi connectivity index (χ0n) is 6.48. The fourth-order valence-electron chi connectivity index (χ4n) is 0.859. The molecule has 0 saturated heterocycles. The van der Waals surface area contributed by atoms with E-state index < -0.39 is 12.2 Å². The highest BCUT2D eigenvalue weighted by molar-refractivity contribution is 14.1. The van der Waals surface area contributed by atoms with E-state index in [1.165, 1.54) is 12.1 Å². The summed E-state index contributed by atoms with van der Waals surface area (Å²) in [5.41, 5.74) is 5.09. The van der Waals surface area contributed by atoms with Crippen LogP contribution in [0.3, 0.4) is 0 Å². The van der Waals surface area contributed by atoms with Gasteiger partial charge in [0.25, 0.3) is 0 Å². The third-order valence-electron chi connectivity index (χ3n) is 1.58. The summed E-state index contributed by atoms with van der Waals surface area (Å²) in [4.78, 5) is 0. The molecule has 0 bridgehead atoms. The first-order chi connectivity index (χ1) is 5.91. The highest BCUT2D eigenvalue weighted by Crippen LogP contribution is 2.30. The van der Waals surface area contributed by atoms with Crippen molar-refractivity contribution in [2.75, 3.05) is 0 Å². The predicted octanol–water partition coefficient (Wildman–Crippen LogP) is 2.85. The molecule has 1 aromatic rings. The van der Waals surface area contributed by atoms with Gasteiger partial charge in [0.2, 0.25) is 0 Å². The zero-order chi connectivity index (χ0) is 10.1. The molecule has 0 unspecified atom stereocenters. The average Bonchev–Trinajstić information content (AvgIpc) is 2.03. The fourth-order valence-corrected chi connectivity index (χ4v) is 1.22. The lowest BCUT2D eigenvalue weighted by molar-refractivity contribution is -0.149. The Hall–Kier alpha value is -0.300. The van der Waals surface area contributed by atoms with Gasteiger partial charge in [-0.15, -0.1) is 0 Å². The second-order valence-corrected chi connectivity index (χ2v) is 3.82. The van der Waals surface area contributed by atoms with Crippen molar-refractivity contribution in [2.45, 2.75) is 12.2 Å². The number of alkyl halides is 3. The van der Waals surface area contributed by atoms with Crippen LogP contribution in [0.2, 0.25) is 0 Å². The van der Waals surface area contributed by atoms with Crippen molar-refractivity contribution in [2.24, 2.45) is 5.73 Å². The molecule has 13 heavy (non-hydrogen) atoms. The average molecular weight is 301 g/mol. The van der Waals surface area contributed by atoms with Gasteiger partial charge < -0.3 is 5.73 Å². The molecule has 0 aliphatic heterocycles. The molecular weight excluding hydrogens is 294 g/mol. The lowest BCUT2D eigenvalue weighted by Crippen LogP contribution is -2.28. The maximum Gasteiger partial charge on any atom is 0.407 e. The molecule has 0 aromatic heterocycles. The number of hydrogen-bond acceptors (Lipinski definition) is 1. The first kappa shape index (κ1) is 10.8. The summed E-state index contributed by atoms with van der Waals surface area (Å²) in [5, 5.41) is 0. The summed E-state index contributed by atoms with van der Waals surface area (Å²) >= 11 is 2.02. The summed E-state index contributed by atoms with van der Waals surface area (Å²) in [6.07, 6.45) is -4.37. The molecule has 0 radical (unpaired) electrons. The highest BCUT2D eigenvalue weighted by Gasteiger charge is 2.37. The molecule has 5 heteroatoms. The summed E-state index contributed by atoms with van der Waals surface area (Å²) in [6.45, 7) is 0. The molecule has 1 aromatic carbocycles. The van der Waals surface area contributed by atoms with E-state index in [0.29, 0.717) is 0 Å². The summed E-state index contributed by atoms with van der Waals surface area (Å²) < 4.78 is 37.2. The minimum absolute atomic E-state index is 0.0907. The van der Waals surface area contributed by atoms with Gasteiger partial charge in [-0.05, 0) is 40.3 Å². The first-order valence-electron chi connectivity index (χ1n) is 3.49. The van der Waals surface area contributed by atoms with Crippen LogP contribution in [0.1, 0.15) is 11.6 Å². The van der Waals surface area contributed by atoms with Crippen molar-refractivity contribution in [1.82, 2.24) is 0 Å². The molecule has 0 aliphatic carbocycles. The predicted molar refractivity (Wildman–Crippen MR) is 52.1 cm³/mol. The Labute approximate surface area is 87.3 Å². The van der Waals surface area contributed by atoms with E-state index in [9.17, 15) is 13.2 Å². The number of rotatable bonds is 1. The smallest absolute Gasteiger partial charge is 0.316 e. The van der Waals surface area contributed by atoms with Crippen molar-refractivity contribution < 1.29 is 13.2 Å². The van der Waals surface area contributed by atoms with Gasteiger partial charge >= 0.3 is 6.18 Å². The standard InChI is InChI=1S/C8H7F3IN/c9-8(10,11)7(13)5-1-3-6(12)4-2-5/h1-4,7H,13H2/t7-/m0/s1. The third-order valence-corrected chi connectivity index (χ3v) is 2.30. The molecule has 0 saturated carbocycles. The molecule has 1 nitrogen and oxygen atoms in total. The monoisotopic (exact) mass is 301 g/mol. The number of hydrogen-bond donors (Lipinski definition) is 1. The third kappa shape index (κ3) is 2.84. The van der Waals surface area contributed by atoms with Gasteiger partial charge in [-0.1, -0.05) is 12.1 Å². The van der Waals surface area contributed by atoms with Crippen LogP contribution in [0.4, 0.5) is 13.2 Å². The molecule has 0 amide bonds. The number of halogens is 4. The van der Waals surface area contributed by atoms with Gasteiger partial charge in [0.1, 0.15) is 6.04 Å². The molecule has 0 heterocycles. The highest BCUT2D eigenvalue weighted by atomic mass is 127. The fraction of sp³-hybridized carbons (Fsp3) is 0.250. The van der Waals surface area contributed by atoms with Crippen LogP contribution >= 0.6 is 22.6 Å². The Morgan fingerprint density at radius 2 is 1.62 bits per heavy atom. The van der Waals surface area contributed by atoms with Crippen LogP contribution in [0.25, 0.3) is 0 Å². The lowest BCUT2D eigenvalue weighted by atomic mass is 10.1. The van der Waals surface area contributed by atoms with Crippen molar-refractivity contribution in [3.63, 3.8) is 0 Å². The summed E-state index contributed by atoms with van der Waals surface area (Å²) in [7, 11) is 0. The van der Waals surface area contributed by atoms with Crippen molar-refractivity contribution >= 4 is 22.6 Å². The van der Waals surface area contributed by atoms with Crippen LogP contribution in [-0.2, 0) is 0 Å². The molecule has 1 rings (SSSR count). The molecule has 0 spiro atoms. The van der Waals surface area contributed by atoms with Gasteiger partial charge in [-0.3, -0.25) is 0 Å². The number of benzene rings is 1. The Balaban J connectivity index is 2.90. The van der Waals surface area contributed by atoms with Gasteiger partial charge in [0.15, 0.2) is 0 Å². The Kier molecular flexibility index (Phi) is 3.18. The van der Waals surface area contributed by atoms with Crippen LogP contribution in [-0.4, -0.2) is 6.18 Å². The molecular formula is C8H7F3IN. The Morgan fingerprint density at radius 1 is 1.15 bits per heavy atom. The molecule has 0 fully saturated rings. The van der Waals surface area contributed by atoms with E-state index >= 15 is 0 Å². The maximum atomic E-state index is 12.1. The quantitative estimate of drug-likeness (QED) is 0.793. The lowest BCUT2D eigenvalue weighted by Gasteiger charge is -2.15. The van der Waals surface area contributed by atoms with Crippen LogP contribution in [0.15, 0.2) is 24.3 Å². The van der Waals surface area contributed by atoms with Gasteiger partial charge in [0.05, 0.1) is 0 Å². The molecule has 0 aliphatic rings. The molecule has 72 valence electrons. The largest absolute Gasteiger partial charge is 0.407 e. The van der Waals surface area contributed by atoms with E-state index in [-0.39, 0.29) is 5.56 Å². The second kappa shape index (κ2) is 3.83. The topological polar surface area (TPSA) is 26.0 Å². The van der Waals surface area contributed by atoms with E-state index in [1.807, 2.05) is 22.6 Å². The second-order valence-electron chi connectivity index (χ2n) is 2.57. The van der Waals surface area contributed by atoms with Gasteiger partial charge in [0, 0.05) is 3.57 Å². The first-order valence-corrected chi connectivity index (χ1v) is 4.57. The van der Waals surface area contributed by atoms with Gasteiger partial charge in [-0.25, -0.2) is 0 Å². The number of nitrogens with two attached hydrogens (primary N) is 1. The van der Waals surface area contributed by atoms with Gasteiger partial charge in [-0.2, -0.15) is 13.2 Å². The van der Waals surface area contributed by atoms with Crippen molar-refractivity contribution in [3.05, 3.63) is 33.4 Å². The Bertz CT molecular complexity index is 280. The van der Waals surface area contributed by atoms with E-state index in [1.54, 1.807) is 12.1 Å². The molecule has 2 N–H and O–H groups in total. The van der Waals surface area contributed by atoms with E-state index in [2.05, 4.69) is 0 Å². The zero-order valence-corrected chi connectivity index (χ0v) is 8.63. The van der Waals surface area contributed by atoms with Crippen LogP contribution in [0, 0.1) is 3.57 Å². The van der Waals surface area contributed by atoms with E-state index in [0.717, 1.165) is 3.57 Å². The van der Waals surface area contributed by atoms with Crippen molar-refractivity contribution in [3.8, 4) is 0 Å². The summed E-state index contributed by atoms with van der Waals surface area (Å²) in [6, 6.07) is 4.09. The van der Waals surface area contributed by atoms with Crippen LogP contribution in [0.5, 0.6) is 0 Å².